The van der Waals surface area contributed by atoms with Gasteiger partial charge in [0.1, 0.15) is 0 Å². The molecule has 1 saturated carbocycles. The number of nitrogens with one attached hydrogen (secondary N) is 2. The molecule has 2 fully saturated rings. The summed E-state index contributed by atoms with van der Waals surface area (Å²) in [6.45, 7) is 1.31. The Balaban J connectivity index is 1.69. The molecule has 3 nitrogen and oxygen atoms in total. The van der Waals surface area contributed by atoms with Crippen LogP contribution in [0.4, 0.5) is 5.69 Å². The molecule has 0 spiro atoms. The van der Waals surface area contributed by atoms with Crippen molar-refractivity contribution < 1.29 is 5.11 Å². The Bertz CT molecular complexity index is 429. The second kappa shape index (κ2) is 6.59. The summed E-state index contributed by atoms with van der Waals surface area (Å²) in [6, 6.07) is 9.48. The van der Waals surface area contributed by atoms with Gasteiger partial charge in [0.05, 0.1) is 6.61 Å². The fourth-order valence-corrected chi connectivity index (χ4v) is 3.87. The lowest BCUT2D eigenvalue weighted by Crippen LogP contribution is -2.43. The fourth-order valence-electron chi connectivity index (χ4n) is 3.87. The normalized spacial score (nSPS) is 30.4. The summed E-state index contributed by atoms with van der Waals surface area (Å²) >= 11 is 0. The number of hydrogen-bond donors (Lipinski definition) is 3. The van der Waals surface area contributed by atoms with Crippen LogP contribution in [-0.4, -0.2) is 23.7 Å². The van der Waals surface area contributed by atoms with E-state index in [0.29, 0.717) is 12.1 Å². The van der Waals surface area contributed by atoms with Crippen molar-refractivity contribution in [2.24, 2.45) is 5.92 Å². The summed E-state index contributed by atoms with van der Waals surface area (Å²) in [6.07, 6.45) is 7.98. The van der Waals surface area contributed by atoms with E-state index in [1.165, 1.54) is 45.1 Å². The molecule has 3 rings (SSSR count). The molecule has 3 heteroatoms. The van der Waals surface area contributed by atoms with Gasteiger partial charge in [-0.15, -0.1) is 0 Å². The van der Waals surface area contributed by atoms with Crippen molar-refractivity contribution in [1.82, 2.24) is 5.32 Å². The molecule has 1 aromatic carbocycles. The number of benzene rings is 1. The number of anilines is 1. The van der Waals surface area contributed by atoms with Crippen molar-refractivity contribution in [3.8, 4) is 0 Å². The first-order chi connectivity index (χ1) is 9.86. The molecule has 1 aliphatic heterocycles. The lowest BCUT2D eigenvalue weighted by atomic mass is 9.79. The lowest BCUT2D eigenvalue weighted by Gasteiger charge is -2.37. The molecular weight excluding hydrogens is 248 g/mol. The maximum Gasteiger partial charge on any atom is 0.0682 e. The monoisotopic (exact) mass is 274 g/mol. The van der Waals surface area contributed by atoms with Crippen LogP contribution in [0.25, 0.3) is 0 Å². The van der Waals surface area contributed by atoms with Crippen LogP contribution in [0.5, 0.6) is 0 Å². The maximum absolute atomic E-state index is 9.25. The molecule has 0 aromatic heterocycles. The van der Waals surface area contributed by atoms with Crippen LogP contribution in [0.3, 0.4) is 0 Å². The maximum atomic E-state index is 9.25. The quantitative estimate of drug-likeness (QED) is 0.791. The molecule has 20 heavy (non-hydrogen) atoms. The second-order valence-corrected chi connectivity index (χ2v) is 6.26. The second-order valence-electron chi connectivity index (χ2n) is 6.26. The van der Waals surface area contributed by atoms with E-state index < -0.39 is 0 Å². The minimum atomic E-state index is 0.119. The minimum absolute atomic E-state index is 0.119. The van der Waals surface area contributed by atoms with Crippen LogP contribution in [0.15, 0.2) is 24.3 Å². The average Bonchev–Trinajstić information content (AvgIpc) is 3.02. The Morgan fingerprint density at radius 1 is 1.15 bits per heavy atom. The summed E-state index contributed by atoms with van der Waals surface area (Å²) in [5.41, 5.74) is 2.15. The van der Waals surface area contributed by atoms with Crippen molar-refractivity contribution in [2.45, 2.75) is 57.2 Å². The molecule has 0 radical (unpaired) electrons. The van der Waals surface area contributed by atoms with Gasteiger partial charge in [-0.3, -0.25) is 0 Å². The van der Waals surface area contributed by atoms with Gasteiger partial charge in [-0.05, 0) is 55.8 Å². The van der Waals surface area contributed by atoms with Crippen LogP contribution in [-0.2, 0) is 6.61 Å². The molecule has 3 atom stereocenters. The molecule has 1 aromatic rings. The van der Waals surface area contributed by atoms with Crippen LogP contribution < -0.4 is 10.6 Å². The van der Waals surface area contributed by atoms with E-state index in [0.717, 1.165) is 17.2 Å². The third-order valence-corrected chi connectivity index (χ3v) is 4.90. The van der Waals surface area contributed by atoms with Gasteiger partial charge in [0, 0.05) is 17.8 Å². The zero-order valence-corrected chi connectivity index (χ0v) is 12.1. The molecule has 3 N–H and O–H groups in total. The fraction of sp³-hybridized carbons (Fsp3) is 0.647. The number of aliphatic hydroxyl groups is 1. The summed E-state index contributed by atoms with van der Waals surface area (Å²) in [4.78, 5) is 0. The van der Waals surface area contributed by atoms with E-state index in [4.69, 9.17) is 0 Å². The largest absolute Gasteiger partial charge is 0.392 e. The zero-order valence-electron chi connectivity index (χ0n) is 12.1. The molecule has 1 heterocycles. The van der Waals surface area contributed by atoms with Gasteiger partial charge in [0.2, 0.25) is 0 Å². The Morgan fingerprint density at radius 3 is 2.85 bits per heavy atom. The van der Waals surface area contributed by atoms with Crippen LogP contribution in [0, 0.1) is 5.92 Å². The third-order valence-electron chi connectivity index (χ3n) is 4.90. The predicted molar refractivity (Wildman–Crippen MR) is 82.8 cm³/mol. The predicted octanol–water partition coefficient (Wildman–Crippen LogP) is 2.90. The van der Waals surface area contributed by atoms with Crippen molar-refractivity contribution >= 4 is 5.69 Å². The molecule has 2 aliphatic rings. The van der Waals surface area contributed by atoms with E-state index in [1.54, 1.807) is 0 Å². The Morgan fingerprint density at radius 2 is 2.05 bits per heavy atom. The van der Waals surface area contributed by atoms with Gasteiger partial charge < -0.3 is 15.7 Å². The van der Waals surface area contributed by atoms with Crippen LogP contribution >= 0.6 is 0 Å². The van der Waals surface area contributed by atoms with E-state index in [1.807, 2.05) is 12.1 Å². The first-order valence-electron chi connectivity index (χ1n) is 8.06. The van der Waals surface area contributed by atoms with Crippen LogP contribution in [0.2, 0.25) is 0 Å². The van der Waals surface area contributed by atoms with Gasteiger partial charge >= 0.3 is 0 Å². The Hall–Kier alpha value is -1.06. The Labute approximate surface area is 121 Å². The van der Waals surface area contributed by atoms with Crippen molar-refractivity contribution in [3.63, 3.8) is 0 Å². The van der Waals surface area contributed by atoms with Gasteiger partial charge in [-0.25, -0.2) is 0 Å². The smallest absolute Gasteiger partial charge is 0.0682 e. The molecule has 0 amide bonds. The summed E-state index contributed by atoms with van der Waals surface area (Å²) in [7, 11) is 0. The highest BCUT2D eigenvalue weighted by atomic mass is 16.3. The molecular formula is C17H26N2O. The van der Waals surface area contributed by atoms with Gasteiger partial charge in [0.25, 0.3) is 0 Å². The Kier molecular flexibility index (Phi) is 4.58. The number of rotatable bonds is 4. The highest BCUT2D eigenvalue weighted by molar-refractivity contribution is 5.46. The van der Waals surface area contributed by atoms with Gasteiger partial charge in [-0.2, -0.15) is 0 Å². The molecule has 1 saturated heterocycles. The number of aliphatic hydroxyl groups excluding tert-OH is 1. The minimum Gasteiger partial charge on any atom is -0.392 e. The van der Waals surface area contributed by atoms with Crippen molar-refractivity contribution in [2.75, 3.05) is 11.9 Å². The van der Waals surface area contributed by atoms with E-state index in [9.17, 15) is 5.11 Å². The first-order valence-corrected chi connectivity index (χ1v) is 8.06. The highest BCUT2D eigenvalue weighted by Crippen LogP contribution is 2.32. The highest BCUT2D eigenvalue weighted by Gasteiger charge is 2.33. The average molecular weight is 274 g/mol. The first kappa shape index (κ1) is 13.9. The summed E-state index contributed by atoms with van der Waals surface area (Å²) < 4.78 is 0. The SMILES string of the molecule is OCc1cccc(NC2CCCCC2C2CCCN2)c1. The number of hydrogen-bond acceptors (Lipinski definition) is 3. The zero-order chi connectivity index (χ0) is 13.8. The molecule has 0 bridgehead atoms. The molecule has 3 unspecified atom stereocenters. The van der Waals surface area contributed by atoms with Gasteiger partial charge in [-0.1, -0.05) is 25.0 Å². The topological polar surface area (TPSA) is 44.3 Å². The van der Waals surface area contributed by atoms with Crippen LogP contribution in [0.1, 0.15) is 44.1 Å². The standard InChI is InChI=1S/C17H26N2O/c20-12-13-5-3-6-14(11-13)19-17-8-2-1-7-15(17)16-9-4-10-18-16/h3,5-6,11,15-20H,1-2,4,7-10,12H2. The molecule has 110 valence electrons. The summed E-state index contributed by atoms with van der Waals surface area (Å²) in [5.74, 6) is 0.754. The lowest BCUT2D eigenvalue weighted by molar-refractivity contribution is 0.262. The van der Waals surface area contributed by atoms with E-state index in [2.05, 4.69) is 22.8 Å². The van der Waals surface area contributed by atoms with Gasteiger partial charge in [0.15, 0.2) is 0 Å². The van der Waals surface area contributed by atoms with E-state index in [-0.39, 0.29) is 6.61 Å². The van der Waals surface area contributed by atoms with Crippen molar-refractivity contribution in [3.05, 3.63) is 29.8 Å². The third kappa shape index (κ3) is 3.15. The molecule has 1 aliphatic carbocycles. The van der Waals surface area contributed by atoms with E-state index >= 15 is 0 Å². The summed E-state index contributed by atoms with van der Waals surface area (Å²) in [5, 5.41) is 16.7. The van der Waals surface area contributed by atoms with Crippen molar-refractivity contribution in [1.29, 1.82) is 0 Å².